The Morgan fingerprint density at radius 1 is 1.11 bits per heavy atom. The van der Waals surface area contributed by atoms with Crippen LogP contribution in [0.1, 0.15) is 55.8 Å². The molecule has 0 radical (unpaired) electrons. The summed E-state index contributed by atoms with van der Waals surface area (Å²) in [5, 5.41) is 10.9. The molecule has 8 nitrogen and oxygen atoms in total. The zero-order valence-electron chi connectivity index (χ0n) is 15.3. The summed E-state index contributed by atoms with van der Waals surface area (Å²) in [6, 6.07) is 5.27. The minimum atomic E-state index is -0.686. The van der Waals surface area contributed by atoms with Gasteiger partial charge in [0.15, 0.2) is 5.78 Å². The minimum Gasteiger partial charge on any atom is -0.348 e. The van der Waals surface area contributed by atoms with Crippen molar-refractivity contribution in [3.8, 4) is 0 Å². The summed E-state index contributed by atoms with van der Waals surface area (Å²) < 4.78 is 2.03. The van der Waals surface area contributed by atoms with Gasteiger partial charge in [-0.2, -0.15) is 0 Å². The molecule has 0 atom stereocenters. The molecule has 0 unspecified atom stereocenters. The molecule has 1 aliphatic heterocycles. The molecule has 0 spiro atoms. The van der Waals surface area contributed by atoms with Gasteiger partial charge in [0.2, 0.25) is 0 Å². The number of hydrogen-bond donors (Lipinski definition) is 0. The summed E-state index contributed by atoms with van der Waals surface area (Å²) in [7, 11) is 0. The molecular formula is C19H19N3O5. The zero-order valence-corrected chi connectivity index (χ0v) is 15.3. The van der Waals surface area contributed by atoms with Crippen LogP contribution in [0.15, 0.2) is 24.3 Å². The van der Waals surface area contributed by atoms with Crippen LogP contribution in [-0.4, -0.2) is 38.5 Å². The Morgan fingerprint density at radius 2 is 1.78 bits per heavy atom. The maximum atomic E-state index is 12.7. The number of benzene rings is 1. The number of carbonyl (C=O) groups excluding carboxylic acids is 3. The molecule has 0 saturated carbocycles. The first kappa shape index (κ1) is 18.5. The summed E-state index contributed by atoms with van der Waals surface area (Å²) in [6.45, 7) is 6.17. The standard InChI is InChI=1S/C19H19N3O5/c1-4-7-20-11(2)8-15(12(20)3)17(23)10-21-18(24)14-6-5-13(22(26)27)9-16(14)19(21)25/h5-6,8-9H,4,7,10H2,1-3H3. The van der Waals surface area contributed by atoms with Crippen LogP contribution in [0.2, 0.25) is 0 Å². The number of Topliss-reactive ketones (excluding diaryl/α,β-unsaturated/α-hetero) is 1. The number of fused-ring (bicyclic) bond motifs is 1. The van der Waals surface area contributed by atoms with Crippen molar-refractivity contribution < 1.29 is 19.3 Å². The summed E-state index contributed by atoms with van der Waals surface area (Å²) in [4.78, 5) is 48.9. The van der Waals surface area contributed by atoms with Gasteiger partial charge in [-0.3, -0.25) is 29.4 Å². The molecule has 1 aliphatic rings. The number of nitrogens with zero attached hydrogens (tertiary/aromatic N) is 3. The van der Waals surface area contributed by atoms with Crippen molar-refractivity contribution in [1.82, 2.24) is 9.47 Å². The van der Waals surface area contributed by atoms with Crippen LogP contribution >= 0.6 is 0 Å². The maximum Gasteiger partial charge on any atom is 0.270 e. The second-order valence-electron chi connectivity index (χ2n) is 6.54. The van der Waals surface area contributed by atoms with E-state index in [9.17, 15) is 24.5 Å². The van der Waals surface area contributed by atoms with Crippen LogP contribution in [-0.2, 0) is 6.54 Å². The number of non-ortho nitro benzene ring substituents is 1. The Hall–Kier alpha value is -3.29. The number of imide groups is 1. The van der Waals surface area contributed by atoms with Crippen LogP contribution in [0.3, 0.4) is 0 Å². The first-order valence-corrected chi connectivity index (χ1v) is 8.60. The Balaban J connectivity index is 1.87. The van der Waals surface area contributed by atoms with E-state index in [0.29, 0.717) is 5.56 Å². The number of nitro groups is 1. The molecule has 3 rings (SSSR count). The number of amides is 2. The van der Waals surface area contributed by atoms with E-state index in [-0.39, 0.29) is 22.6 Å². The summed E-state index contributed by atoms with van der Waals surface area (Å²) in [6.07, 6.45) is 0.918. The van der Waals surface area contributed by atoms with Crippen molar-refractivity contribution >= 4 is 23.3 Å². The van der Waals surface area contributed by atoms with Crippen molar-refractivity contribution in [3.63, 3.8) is 0 Å². The van der Waals surface area contributed by atoms with Crippen molar-refractivity contribution in [1.29, 1.82) is 0 Å². The molecule has 140 valence electrons. The van der Waals surface area contributed by atoms with Gasteiger partial charge in [0.1, 0.15) is 0 Å². The fraction of sp³-hybridized carbons (Fsp3) is 0.316. The number of rotatable bonds is 6. The average Bonchev–Trinajstić information content (AvgIpc) is 3.04. The van der Waals surface area contributed by atoms with Gasteiger partial charge in [0, 0.05) is 35.6 Å². The fourth-order valence-corrected chi connectivity index (χ4v) is 3.42. The topological polar surface area (TPSA) is 103 Å². The summed E-state index contributed by atoms with van der Waals surface area (Å²) in [5.41, 5.74) is 1.98. The van der Waals surface area contributed by atoms with E-state index in [4.69, 9.17) is 0 Å². The van der Waals surface area contributed by atoms with Crippen molar-refractivity contribution in [2.24, 2.45) is 0 Å². The highest BCUT2D eigenvalue weighted by molar-refractivity contribution is 6.23. The van der Waals surface area contributed by atoms with Gasteiger partial charge in [-0.25, -0.2) is 0 Å². The van der Waals surface area contributed by atoms with Crippen LogP contribution in [0.5, 0.6) is 0 Å². The van der Waals surface area contributed by atoms with Gasteiger partial charge >= 0.3 is 0 Å². The number of ketones is 1. The van der Waals surface area contributed by atoms with Gasteiger partial charge in [-0.1, -0.05) is 6.92 Å². The quantitative estimate of drug-likeness (QED) is 0.337. The summed E-state index contributed by atoms with van der Waals surface area (Å²) in [5.74, 6) is -1.63. The lowest BCUT2D eigenvalue weighted by Crippen LogP contribution is -2.35. The van der Waals surface area contributed by atoms with E-state index in [2.05, 4.69) is 0 Å². The maximum absolute atomic E-state index is 12.7. The van der Waals surface area contributed by atoms with E-state index in [1.165, 1.54) is 12.1 Å². The molecule has 0 bridgehead atoms. The predicted molar refractivity (Wildman–Crippen MR) is 97.0 cm³/mol. The molecule has 0 saturated heterocycles. The SMILES string of the molecule is CCCn1c(C)cc(C(=O)CN2C(=O)c3ccc([N+](=O)[O-])cc3C2=O)c1C. The number of nitro benzene ring substituents is 1. The highest BCUT2D eigenvalue weighted by Gasteiger charge is 2.38. The Labute approximate surface area is 155 Å². The third kappa shape index (κ3) is 3.03. The number of carbonyl (C=O) groups is 3. The second-order valence-corrected chi connectivity index (χ2v) is 6.54. The van der Waals surface area contributed by atoms with Crippen LogP contribution in [0, 0.1) is 24.0 Å². The number of aromatic nitrogens is 1. The molecule has 1 aromatic carbocycles. The van der Waals surface area contributed by atoms with Crippen LogP contribution in [0.25, 0.3) is 0 Å². The van der Waals surface area contributed by atoms with E-state index in [0.717, 1.165) is 35.3 Å². The van der Waals surface area contributed by atoms with Gasteiger partial charge < -0.3 is 4.57 Å². The predicted octanol–water partition coefficient (Wildman–Crippen LogP) is 2.90. The monoisotopic (exact) mass is 369 g/mol. The molecule has 27 heavy (non-hydrogen) atoms. The van der Waals surface area contributed by atoms with Gasteiger partial charge in [-0.15, -0.1) is 0 Å². The molecule has 8 heteroatoms. The first-order valence-electron chi connectivity index (χ1n) is 8.60. The highest BCUT2D eigenvalue weighted by Crippen LogP contribution is 2.27. The average molecular weight is 369 g/mol. The lowest BCUT2D eigenvalue weighted by molar-refractivity contribution is -0.384. The third-order valence-corrected chi connectivity index (χ3v) is 4.79. The van der Waals surface area contributed by atoms with E-state index < -0.39 is 23.3 Å². The Bertz CT molecular complexity index is 989. The lowest BCUT2D eigenvalue weighted by atomic mass is 10.1. The van der Waals surface area contributed by atoms with Crippen molar-refractivity contribution in [3.05, 3.63) is 62.5 Å². The van der Waals surface area contributed by atoms with Crippen molar-refractivity contribution in [2.75, 3.05) is 6.54 Å². The molecule has 0 fully saturated rings. The molecule has 0 N–H and O–H groups in total. The van der Waals surface area contributed by atoms with E-state index >= 15 is 0 Å². The highest BCUT2D eigenvalue weighted by atomic mass is 16.6. The summed E-state index contributed by atoms with van der Waals surface area (Å²) >= 11 is 0. The third-order valence-electron chi connectivity index (χ3n) is 4.79. The lowest BCUT2D eigenvalue weighted by Gasteiger charge is -2.13. The normalized spacial score (nSPS) is 13.2. The zero-order chi connectivity index (χ0) is 19.9. The van der Waals surface area contributed by atoms with Crippen molar-refractivity contribution in [2.45, 2.75) is 33.7 Å². The van der Waals surface area contributed by atoms with Gasteiger partial charge in [0.25, 0.3) is 17.5 Å². The van der Waals surface area contributed by atoms with Gasteiger partial charge in [-0.05, 0) is 32.4 Å². The van der Waals surface area contributed by atoms with Gasteiger partial charge in [0.05, 0.1) is 22.6 Å². The largest absolute Gasteiger partial charge is 0.348 e. The van der Waals surface area contributed by atoms with Crippen LogP contribution in [0.4, 0.5) is 5.69 Å². The van der Waals surface area contributed by atoms with E-state index in [1.807, 2.05) is 25.3 Å². The molecule has 2 aromatic rings. The molecule has 2 heterocycles. The minimum absolute atomic E-state index is 0.0431. The Kier molecular flexibility index (Phi) is 4.65. The smallest absolute Gasteiger partial charge is 0.270 e. The molecule has 1 aromatic heterocycles. The molecule has 2 amide bonds. The number of hydrogen-bond acceptors (Lipinski definition) is 5. The second kappa shape index (κ2) is 6.79. The number of aryl methyl sites for hydroxylation is 1. The molecule has 0 aliphatic carbocycles. The Morgan fingerprint density at radius 3 is 2.41 bits per heavy atom. The fourth-order valence-electron chi connectivity index (χ4n) is 3.42. The molecular weight excluding hydrogens is 350 g/mol. The first-order chi connectivity index (χ1) is 12.8. The van der Waals surface area contributed by atoms with Crippen LogP contribution < -0.4 is 0 Å². The van der Waals surface area contributed by atoms with E-state index in [1.54, 1.807) is 6.07 Å².